The second-order valence-corrected chi connectivity index (χ2v) is 5.07. The van der Waals surface area contributed by atoms with E-state index in [1.54, 1.807) is 0 Å². The topological polar surface area (TPSA) is 122 Å². The lowest BCUT2D eigenvalue weighted by Crippen LogP contribution is -2.48. The van der Waals surface area contributed by atoms with Gasteiger partial charge in [-0.1, -0.05) is 0 Å². The summed E-state index contributed by atoms with van der Waals surface area (Å²) < 4.78 is 0. The monoisotopic (exact) mass is 259 g/mol. The molecule has 104 valence electrons. The number of nitrogens with two attached hydrogens (primary N) is 1. The minimum atomic E-state index is -1.18. The van der Waals surface area contributed by atoms with Crippen LogP contribution < -0.4 is 16.4 Å². The van der Waals surface area contributed by atoms with Gasteiger partial charge in [-0.2, -0.15) is 0 Å². The molecule has 0 spiro atoms. The number of carboxylic acid groups (broad SMARTS) is 1. The molecule has 7 nitrogen and oxygen atoms in total. The molecule has 0 radical (unpaired) electrons. The number of hydrogen-bond acceptors (Lipinski definition) is 4. The number of amides is 2. The zero-order valence-electron chi connectivity index (χ0n) is 10.9. The summed E-state index contributed by atoms with van der Waals surface area (Å²) in [5.74, 6) is -2.20. The normalized spacial score (nSPS) is 12.8. The first-order valence-corrected chi connectivity index (χ1v) is 5.67. The maximum Gasteiger partial charge on any atom is 0.326 e. The van der Waals surface area contributed by atoms with E-state index in [0.29, 0.717) is 0 Å². The molecule has 7 heteroatoms. The zero-order chi connectivity index (χ0) is 14.3. The van der Waals surface area contributed by atoms with Gasteiger partial charge in [-0.15, -0.1) is 0 Å². The van der Waals surface area contributed by atoms with Gasteiger partial charge >= 0.3 is 5.97 Å². The molecule has 0 aromatic heterocycles. The first-order chi connectivity index (χ1) is 8.11. The van der Waals surface area contributed by atoms with E-state index < -0.39 is 23.8 Å². The molecule has 0 rings (SSSR count). The van der Waals surface area contributed by atoms with E-state index in [2.05, 4.69) is 10.6 Å². The Labute approximate surface area is 106 Å². The van der Waals surface area contributed by atoms with Crippen molar-refractivity contribution in [1.82, 2.24) is 10.6 Å². The van der Waals surface area contributed by atoms with E-state index in [-0.39, 0.29) is 24.9 Å². The van der Waals surface area contributed by atoms with Crippen molar-refractivity contribution in [2.45, 2.75) is 45.2 Å². The molecule has 2 amide bonds. The van der Waals surface area contributed by atoms with E-state index in [4.69, 9.17) is 10.8 Å². The summed E-state index contributed by atoms with van der Waals surface area (Å²) in [5.41, 5.74) is 4.70. The summed E-state index contributed by atoms with van der Waals surface area (Å²) in [6, 6.07) is -1.09. The van der Waals surface area contributed by atoms with Gasteiger partial charge in [0.15, 0.2) is 0 Å². The Morgan fingerprint density at radius 1 is 1.28 bits per heavy atom. The smallest absolute Gasteiger partial charge is 0.326 e. The molecule has 0 fully saturated rings. The van der Waals surface area contributed by atoms with Gasteiger partial charge in [-0.05, 0) is 27.2 Å². The molecule has 0 heterocycles. The summed E-state index contributed by atoms with van der Waals surface area (Å²) >= 11 is 0. The Morgan fingerprint density at radius 3 is 2.22 bits per heavy atom. The van der Waals surface area contributed by atoms with Crippen molar-refractivity contribution in [3.8, 4) is 0 Å². The van der Waals surface area contributed by atoms with Crippen molar-refractivity contribution < 1.29 is 19.5 Å². The van der Waals surface area contributed by atoms with E-state index in [0.717, 1.165) is 0 Å². The van der Waals surface area contributed by atoms with Gasteiger partial charge in [0.05, 0.1) is 6.54 Å². The third kappa shape index (κ3) is 8.51. The van der Waals surface area contributed by atoms with Crippen molar-refractivity contribution in [3.63, 3.8) is 0 Å². The van der Waals surface area contributed by atoms with Crippen LogP contribution in [0, 0.1) is 0 Å². The van der Waals surface area contributed by atoms with E-state index in [9.17, 15) is 14.4 Å². The third-order valence-corrected chi connectivity index (χ3v) is 2.09. The fraction of sp³-hybridized carbons (Fsp3) is 0.727. The second kappa shape index (κ2) is 6.95. The van der Waals surface area contributed by atoms with Gasteiger partial charge in [0, 0.05) is 12.0 Å². The molecular weight excluding hydrogens is 238 g/mol. The Bertz CT molecular complexity index is 323. The maximum atomic E-state index is 11.5. The number of rotatable bonds is 7. The molecule has 0 saturated carbocycles. The number of aliphatic carboxylic acids is 1. The highest BCUT2D eigenvalue weighted by molar-refractivity contribution is 5.85. The van der Waals surface area contributed by atoms with Crippen LogP contribution in [0.4, 0.5) is 0 Å². The third-order valence-electron chi connectivity index (χ3n) is 2.09. The molecule has 5 N–H and O–H groups in total. The Balaban J connectivity index is 4.20. The van der Waals surface area contributed by atoms with Gasteiger partial charge < -0.3 is 21.5 Å². The van der Waals surface area contributed by atoms with Crippen LogP contribution in [-0.4, -0.2) is 41.0 Å². The van der Waals surface area contributed by atoms with Crippen LogP contribution in [0.15, 0.2) is 0 Å². The van der Waals surface area contributed by atoms with E-state index >= 15 is 0 Å². The van der Waals surface area contributed by atoms with Gasteiger partial charge in [0.2, 0.25) is 11.8 Å². The Kier molecular flexibility index (Phi) is 6.32. The summed E-state index contributed by atoms with van der Waals surface area (Å²) in [7, 11) is 0. The summed E-state index contributed by atoms with van der Waals surface area (Å²) in [5, 5.41) is 14.1. The van der Waals surface area contributed by atoms with Gasteiger partial charge in [-0.25, -0.2) is 4.79 Å². The minimum absolute atomic E-state index is 0.00801. The van der Waals surface area contributed by atoms with Crippen LogP contribution in [0.25, 0.3) is 0 Å². The summed E-state index contributed by atoms with van der Waals surface area (Å²) in [4.78, 5) is 32.9. The number of carbonyl (C=O) groups excluding carboxylic acids is 2. The lowest BCUT2D eigenvalue weighted by Gasteiger charge is -2.21. The number of carbonyl (C=O) groups is 3. The molecule has 1 atom stereocenters. The van der Waals surface area contributed by atoms with Crippen molar-refractivity contribution >= 4 is 17.8 Å². The van der Waals surface area contributed by atoms with Crippen LogP contribution in [0.5, 0.6) is 0 Å². The first kappa shape index (κ1) is 16.4. The fourth-order valence-corrected chi connectivity index (χ4v) is 1.13. The van der Waals surface area contributed by atoms with Crippen LogP contribution in [0.3, 0.4) is 0 Å². The Hall–Kier alpha value is -1.63. The average Bonchev–Trinajstić information content (AvgIpc) is 2.19. The lowest BCUT2D eigenvalue weighted by atomic mass is 10.1. The first-order valence-electron chi connectivity index (χ1n) is 5.67. The fourth-order valence-electron chi connectivity index (χ4n) is 1.13. The highest BCUT2D eigenvalue weighted by atomic mass is 16.4. The standard InChI is InChI=1S/C11H21N3O4/c1-11(2,3)13-6-9(16)14-7(10(17)18)4-5-8(12)15/h7,13H,4-6H2,1-3H3,(H2,12,15)(H,14,16)(H,17,18)/t7-/m0/s1. The van der Waals surface area contributed by atoms with Crippen LogP contribution in [0.1, 0.15) is 33.6 Å². The molecule has 0 aliphatic rings. The summed E-state index contributed by atoms with van der Waals surface area (Å²) in [6.45, 7) is 5.69. The molecular formula is C11H21N3O4. The predicted octanol–water partition coefficient (Wildman–Crippen LogP) is -0.791. The van der Waals surface area contributed by atoms with Crippen LogP contribution in [-0.2, 0) is 14.4 Å². The molecule has 0 aromatic rings. The quantitative estimate of drug-likeness (QED) is 0.477. The molecule has 0 saturated heterocycles. The van der Waals surface area contributed by atoms with Crippen LogP contribution >= 0.6 is 0 Å². The largest absolute Gasteiger partial charge is 0.480 e. The number of hydrogen-bond donors (Lipinski definition) is 4. The maximum absolute atomic E-state index is 11.5. The molecule has 0 aromatic carbocycles. The highest BCUT2D eigenvalue weighted by Gasteiger charge is 2.21. The average molecular weight is 259 g/mol. The minimum Gasteiger partial charge on any atom is -0.480 e. The van der Waals surface area contributed by atoms with Crippen molar-refractivity contribution in [2.75, 3.05) is 6.54 Å². The zero-order valence-corrected chi connectivity index (χ0v) is 10.9. The van der Waals surface area contributed by atoms with Crippen LogP contribution in [0.2, 0.25) is 0 Å². The van der Waals surface area contributed by atoms with Crippen molar-refractivity contribution in [1.29, 1.82) is 0 Å². The van der Waals surface area contributed by atoms with Crippen molar-refractivity contribution in [2.24, 2.45) is 5.73 Å². The molecule has 0 aliphatic heterocycles. The number of nitrogens with one attached hydrogen (secondary N) is 2. The van der Waals surface area contributed by atoms with Gasteiger partial charge in [0.25, 0.3) is 0 Å². The van der Waals surface area contributed by atoms with Gasteiger partial charge in [-0.3, -0.25) is 9.59 Å². The molecule has 0 aliphatic carbocycles. The van der Waals surface area contributed by atoms with E-state index in [1.165, 1.54) is 0 Å². The number of carboxylic acids is 1. The van der Waals surface area contributed by atoms with Gasteiger partial charge in [0.1, 0.15) is 6.04 Å². The lowest BCUT2D eigenvalue weighted by molar-refractivity contribution is -0.142. The Morgan fingerprint density at radius 2 is 1.83 bits per heavy atom. The molecule has 18 heavy (non-hydrogen) atoms. The highest BCUT2D eigenvalue weighted by Crippen LogP contribution is 1.99. The SMILES string of the molecule is CC(C)(C)NCC(=O)N[C@@H](CCC(N)=O)C(=O)O. The number of primary amides is 1. The summed E-state index contributed by atoms with van der Waals surface area (Å²) in [6.07, 6.45) is -0.0874. The van der Waals surface area contributed by atoms with Crippen molar-refractivity contribution in [3.05, 3.63) is 0 Å². The predicted molar refractivity (Wildman–Crippen MR) is 65.8 cm³/mol. The second-order valence-electron chi connectivity index (χ2n) is 5.07. The van der Waals surface area contributed by atoms with E-state index in [1.807, 2.05) is 20.8 Å². The molecule has 0 unspecified atom stereocenters. The molecule has 0 bridgehead atoms.